The lowest BCUT2D eigenvalue weighted by atomic mass is 9.62. The summed E-state index contributed by atoms with van der Waals surface area (Å²) in [7, 11) is 0. The minimum Gasteiger partial charge on any atom is -0.478 e. The third-order valence-corrected chi connectivity index (χ3v) is 7.54. The van der Waals surface area contributed by atoms with Crippen LogP contribution in [0, 0.1) is 47.3 Å². The van der Waals surface area contributed by atoms with Crippen molar-refractivity contribution in [3.63, 3.8) is 0 Å². The minimum absolute atomic E-state index is 0.155. The van der Waals surface area contributed by atoms with Crippen LogP contribution in [0.2, 0.25) is 0 Å². The van der Waals surface area contributed by atoms with Gasteiger partial charge in [-0.05, 0) is 73.0 Å². The van der Waals surface area contributed by atoms with E-state index in [1.54, 1.807) is 0 Å². The van der Waals surface area contributed by atoms with Crippen molar-refractivity contribution in [3.05, 3.63) is 11.1 Å². The van der Waals surface area contributed by atoms with Gasteiger partial charge in [0.2, 0.25) is 0 Å². The number of hydrogen-bond donors (Lipinski definition) is 2. The molecule has 0 bridgehead atoms. The molecule has 0 heterocycles. The van der Waals surface area contributed by atoms with Crippen LogP contribution in [0.5, 0.6) is 0 Å². The quantitative estimate of drug-likeness (QED) is 0.554. The van der Waals surface area contributed by atoms with Crippen molar-refractivity contribution in [1.29, 1.82) is 0 Å². The lowest BCUT2D eigenvalue weighted by molar-refractivity contribution is -0.137. The molecule has 160 valence electrons. The molecule has 0 aliphatic heterocycles. The molecule has 28 heavy (non-hydrogen) atoms. The Bertz CT molecular complexity index is 552. The van der Waals surface area contributed by atoms with E-state index >= 15 is 0 Å². The number of hydrogen-bond acceptors (Lipinski definition) is 2. The third-order valence-electron chi connectivity index (χ3n) is 7.54. The molecule has 0 aromatic carbocycles. The van der Waals surface area contributed by atoms with Gasteiger partial charge in [-0.25, -0.2) is 9.59 Å². The molecule has 2 fully saturated rings. The molecule has 2 N–H and O–H groups in total. The molecule has 0 amide bonds. The van der Waals surface area contributed by atoms with Gasteiger partial charge in [0.05, 0.1) is 11.1 Å². The Morgan fingerprint density at radius 1 is 0.679 bits per heavy atom. The normalized spacial score (nSPS) is 35.0. The van der Waals surface area contributed by atoms with E-state index in [9.17, 15) is 19.8 Å². The Morgan fingerprint density at radius 3 is 1.25 bits per heavy atom. The molecule has 4 nitrogen and oxygen atoms in total. The van der Waals surface area contributed by atoms with Crippen molar-refractivity contribution in [2.45, 2.75) is 80.1 Å². The van der Waals surface area contributed by atoms with Crippen LogP contribution in [0.3, 0.4) is 0 Å². The van der Waals surface area contributed by atoms with Gasteiger partial charge in [-0.2, -0.15) is 0 Å². The van der Waals surface area contributed by atoms with Gasteiger partial charge in [0.15, 0.2) is 0 Å². The smallest absolute Gasteiger partial charge is 0.332 e. The Labute approximate surface area is 170 Å². The first-order chi connectivity index (χ1) is 13.0. The summed E-state index contributed by atoms with van der Waals surface area (Å²) in [6.45, 7) is 12.9. The van der Waals surface area contributed by atoms with E-state index in [4.69, 9.17) is 0 Å². The maximum Gasteiger partial charge on any atom is 0.332 e. The van der Waals surface area contributed by atoms with Crippen LogP contribution < -0.4 is 0 Å². The van der Waals surface area contributed by atoms with Crippen molar-refractivity contribution in [3.8, 4) is 0 Å². The molecule has 2 saturated carbocycles. The van der Waals surface area contributed by atoms with Crippen LogP contribution in [-0.4, -0.2) is 22.2 Å². The van der Waals surface area contributed by atoms with E-state index in [0.717, 1.165) is 38.5 Å². The fraction of sp³-hybridized carbons (Fsp3) is 0.833. The van der Waals surface area contributed by atoms with E-state index in [0.29, 0.717) is 23.7 Å². The van der Waals surface area contributed by atoms with E-state index in [-0.39, 0.29) is 34.8 Å². The summed E-state index contributed by atoms with van der Waals surface area (Å²) in [6.07, 6.45) is 5.75. The van der Waals surface area contributed by atoms with Crippen molar-refractivity contribution in [2.24, 2.45) is 47.3 Å². The average molecular weight is 393 g/mol. The molecule has 0 spiro atoms. The molecule has 2 rings (SSSR count). The standard InChI is InChI=1S/C24H40O4/c1-13(2)17-9-7-15(5)11-19(17)21(23(25)26)22(24(27)28)20-12-16(6)8-10-18(20)14(3)4/h13-20H,7-12H2,1-6H3,(H,25,26)(H,27,28)/b22-21+. The zero-order valence-corrected chi connectivity index (χ0v) is 18.6. The van der Waals surface area contributed by atoms with Crippen LogP contribution in [0.1, 0.15) is 80.1 Å². The second-order valence-electron chi connectivity index (χ2n) is 10.3. The summed E-state index contributed by atoms with van der Waals surface area (Å²) in [5.41, 5.74) is 0.449. The summed E-state index contributed by atoms with van der Waals surface area (Å²) >= 11 is 0. The highest BCUT2D eigenvalue weighted by Crippen LogP contribution is 2.47. The van der Waals surface area contributed by atoms with Crippen molar-refractivity contribution >= 4 is 11.9 Å². The molecular formula is C24H40O4. The van der Waals surface area contributed by atoms with Crippen molar-refractivity contribution in [1.82, 2.24) is 0 Å². The van der Waals surface area contributed by atoms with E-state index < -0.39 is 11.9 Å². The van der Waals surface area contributed by atoms with Crippen LogP contribution in [-0.2, 0) is 9.59 Å². The fourth-order valence-electron chi connectivity index (χ4n) is 6.02. The Balaban J connectivity index is 2.62. The van der Waals surface area contributed by atoms with E-state index in [2.05, 4.69) is 41.5 Å². The Kier molecular flexibility index (Phi) is 7.75. The second kappa shape index (κ2) is 9.45. The fourth-order valence-corrected chi connectivity index (χ4v) is 6.02. The summed E-state index contributed by atoms with van der Waals surface area (Å²) in [5, 5.41) is 20.5. The molecule has 0 saturated heterocycles. The average Bonchev–Trinajstić information content (AvgIpc) is 2.58. The van der Waals surface area contributed by atoms with Gasteiger partial charge >= 0.3 is 11.9 Å². The van der Waals surface area contributed by atoms with Crippen molar-refractivity contribution < 1.29 is 19.8 Å². The van der Waals surface area contributed by atoms with Crippen LogP contribution in [0.4, 0.5) is 0 Å². The predicted octanol–water partition coefficient (Wildman–Crippen LogP) is 5.87. The Hall–Kier alpha value is -1.32. The Morgan fingerprint density at radius 2 is 1.00 bits per heavy atom. The van der Waals surface area contributed by atoms with Gasteiger partial charge in [-0.15, -0.1) is 0 Å². The topological polar surface area (TPSA) is 74.6 Å². The molecule has 0 radical (unpaired) electrons. The third kappa shape index (κ3) is 4.99. The maximum atomic E-state index is 12.5. The largest absolute Gasteiger partial charge is 0.478 e. The van der Waals surface area contributed by atoms with Gasteiger partial charge in [0.25, 0.3) is 0 Å². The van der Waals surface area contributed by atoms with Crippen LogP contribution >= 0.6 is 0 Å². The highest BCUT2D eigenvalue weighted by atomic mass is 16.4. The lowest BCUT2D eigenvalue weighted by Gasteiger charge is -2.41. The first kappa shape index (κ1) is 23.0. The first-order valence-electron chi connectivity index (χ1n) is 11.2. The van der Waals surface area contributed by atoms with E-state index in [1.807, 2.05) is 0 Å². The highest BCUT2D eigenvalue weighted by Gasteiger charge is 2.43. The molecule has 6 atom stereocenters. The highest BCUT2D eigenvalue weighted by molar-refractivity contribution is 5.99. The predicted molar refractivity (Wildman–Crippen MR) is 112 cm³/mol. The first-order valence-corrected chi connectivity index (χ1v) is 11.2. The number of carboxylic acids is 2. The SMILES string of the molecule is CC1CCC(C(C)C)C(/C(C(=O)O)=C(\C(=O)O)C2CC(C)CCC2C(C)C)C1. The molecule has 6 unspecified atom stereocenters. The van der Waals surface area contributed by atoms with Crippen LogP contribution in [0.15, 0.2) is 11.1 Å². The van der Waals surface area contributed by atoms with Gasteiger partial charge in [0, 0.05) is 0 Å². The number of carboxylic acid groups (broad SMARTS) is 2. The van der Waals surface area contributed by atoms with Gasteiger partial charge in [-0.1, -0.05) is 54.4 Å². The molecule has 4 heteroatoms. The number of aliphatic carboxylic acids is 2. The minimum atomic E-state index is -1.01. The maximum absolute atomic E-state index is 12.5. The molecular weight excluding hydrogens is 352 g/mol. The zero-order valence-electron chi connectivity index (χ0n) is 18.6. The molecule has 0 aromatic heterocycles. The summed E-state index contributed by atoms with van der Waals surface area (Å²) in [6, 6.07) is 0. The lowest BCUT2D eigenvalue weighted by Crippen LogP contribution is -2.37. The van der Waals surface area contributed by atoms with Crippen LogP contribution in [0.25, 0.3) is 0 Å². The zero-order chi connectivity index (χ0) is 21.2. The van der Waals surface area contributed by atoms with Gasteiger partial charge < -0.3 is 10.2 Å². The second-order valence-corrected chi connectivity index (χ2v) is 10.3. The molecule has 0 aromatic rings. The number of carbonyl (C=O) groups is 2. The molecule has 2 aliphatic rings. The van der Waals surface area contributed by atoms with Gasteiger partial charge in [-0.3, -0.25) is 0 Å². The van der Waals surface area contributed by atoms with Crippen molar-refractivity contribution in [2.75, 3.05) is 0 Å². The van der Waals surface area contributed by atoms with E-state index in [1.165, 1.54) is 0 Å². The summed E-state index contributed by atoms with van der Waals surface area (Å²) < 4.78 is 0. The molecule has 2 aliphatic carbocycles. The monoisotopic (exact) mass is 392 g/mol. The van der Waals surface area contributed by atoms with Gasteiger partial charge in [0.1, 0.15) is 0 Å². The summed E-state index contributed by atoms with van der Waals surface area (Å²) in [5.74, 6) is -0.252. The summed E-state index contributed by atoms with van der Waals surface area (Å²) in [4.78, 5) is 25.0. The number of rotatable bonds is 6.